The van der Waals surface area contributed by atoms with Crippen LogP contribution in [-0.4, -0.2) is 11.9 Å². The van der Waals surface area contributed by atoms with E-state index < -0.39 is 0 Å². The highest BCUT2D eigenvalue weighted by molar-refractivity contribution is 5.76. The van der Waals surface area contributed by atoms with Crippen LogP contribution in [-0.2, 0) is 9.59 Å². The van der Waals surface area contributed by atoms with Gasteiger partial charge >= 0.3 is 11.9 Å². The third-order valence-electron chi connectivity index (χ3n) is 6.17. The van der Waals surface area contributed by atoms with Gasteiger partial charge in [0, 0.05) is 0 Å². The molecule has 0 bridgehead atoms. The Labute approximate surface area is 236 Å². The number of carbonyl (C=O) groups excluding carboxylic acids is 2. The van der Waals surface area contributed by atoms with Gasteiger partial charge in [-0.2, -0.15) is 0 Å². The number of allylic oxidation sites excluding steroid dienone is 6. The first-order valence-corrected chi connectivity index (χ1v) is 13.4. The quantitative estimate of drug-likeness (QED) is 0.100. The second-order valence-electron chi connectivity index (χ2n) is 9.40. The van der Waals surface area contributed by atoms with E-state index >= 15 is 0 Å². The molecule has 0 unspecified atom stereocenters. The van der Waals surface area contributed by atoms with Crippen molar-refractivity contribution in [2.45, 2.75) is 46.5 Å². The highest BCUT2D eigenvalue weighted by atomic mass is 16.5. The molecule has 0 aliphatic carbocycles. The number of nitrogens with zero attached hydrogens (tertiary/aromatic N) is 2. The van der Waals surface area contributed by atoms with Crippen LogP contribution in [0.4, 0.5) is 11.4 Å². The highest BCUT2D eigenvalue weighted by Gasteiger charge is 2.17. The van der Waals surface area contributed by atoms with Crippen molar-refractivity contribution < 1.29 is 19.1 Å². The van der Waals surface area contributed by atoms with E-state index in [1.54, 1.807) is 48.5 Å². The van der Waals surface area contributed by atoms with Crippen molar-refractivity contribution >= 4 is 23.3 Å². The molecular formula is C34H36N2O4. The zero-order valence-corrected chi connectivity index (χ0v) is 23.5. The topological polar surface area (TPSA) is 77.3 Å². The number of esters is 2. The predicted octanol–water partition coefficient (Wildman–Crippen LogP) is 9.21. The fourth-order valence-corrected chi connectivity index (χ4v) is 3.99. The van der Waals surface area contributed by atoms with Crippen LogP contribution in [0, 0.1) is 5.92 Å². The van der Waals surface area contributed by atoms with Gasteiger partial charge in [-0.3, -0.25) is 9.59 Å². The van der Waals surface area contributed by atoms with Crippen molar-refractivity contribution in [1.82, 2.24) is 0 Å². The molecule has 206 valence electrons. The lowest BCUT2D eigenvalue weighted by atomic mass is 9.96. The van der Waals surface area contributed by atoms with Gasteiger partial charge in [-0.25, -0.2) is 0 Å². The lowest BCUT2D eigenvalue weighted by molar-refractivity contribution is -0.135. The summed E-state index contributed by atoms with van der Waals surface area (Å²) in [7, 11) is 0. The Bertz CT molecular complexity index is 1390. The van der Waals surface area contributed by atoms with Gasteiger partial charge in [0.15, 0.2) is 11.5 Å². The molecule has 0 spiro atoms. The molecule has 0 fully saturated rings. The molecular weight excluding hydrogens is 500 g/mol. The fraction of sp³-hybridized carbons (Fsp3) is 0.235. The summed E-state index contributed by atoms with van der Waals surface area (Å²) in [5, 5.41) is 8.63. The van der Waals surface area contributed by atoms with Crippen LogP contribution in [0.2, 0.25) is 0 Å². The van der Waals surface area contributed by atoms with E-state index in [0.29, 0.717) is 22.9 Å². The molecule has 3 aromatic rings. The summed E-state index contributed by atoms with van der Waals surface area (Å²) in [4.78, 5) is 25.4. The molecule has 6 heteroatoms. The minimum atomic E-state index is -0.368. The van der Waals surface area contributed by atoms with Crippen LogP contribution in [0.5, 0.6) is 11.5 Å². The third kappa shape index (κ3) is 9.31. The zero-order valence-electron chi connectivity index (χ0n) is 23.5. The number of ether oxygens (including phenoxy) is 2. The fourth-order valence-electron chi connectivity index (χ4n) is 3.99. The van der Waals surface area contributed by atoms with E-state index in [2.05, 4.69) is 10.2 Å². The summed E-state index contributed by atoms with van der Waals surface area (Å²) in [5.41, 5.74) is 2.89. The van der Waals surface area contributed by atoms with Crippen LogP contribution >= 0.6 is 0 Å². The Hall–Kier alpha value is -4.58. The molecule has 40 heavy (non-hydrogen) atoms. The smallest absolute Gasteiger partial charge is 0.311 e. The van der Waals surface area contributed by atoms with E-state index in [1.807, 2.05) is 88.4 Å². The molecule has 3 rings (SSSR count). The van der Waals surface area contributed by atoms with Crippen LogP contribution in [0.1, 0.15) is 52.0 Å². The minimum absolute atomic E-state index is 0.0134. The maximum atomic E-state index is 12.8. The molecule has 6 nitrogen and oxygen atoms in total. The van der Waals surface area contributed by atoms with E-state index in [4.69, 9.17) is 9.47 Å². The second kappa shape index (κ2) is 15.7. The highest BCUT2D eigenvalue weighted by Crippen LogP contribution is 2.33. The normalized spacial score (nSPS) is 13.6. The molecule has 0 N–H and O–H groups in total. The van der Waals surface area contributed by atoms with Gasteiger partial charge < -0.3 is 9.47 Å². The Balaban J connectivity index is 1.69. The van der Waals surface area contributed by atoms with Crippen molar-refractivity contribution in [1.29, 1.82) is 0 Å². The summed E-state index contributed by atoms with van der Waals surface area (Å²) >= 11 is 0. The van der Waals surface area contributed by atoms with Gasteiger partial charge in [-0.05, 0) is 61.1 Å². The van der Waals surface area contributed by atoms with E-state index in [0.717, 1.165) is 11.1 Å². The molecule has 0 amide bonds. The number of benzene rings is 3. The lowest BCUT2D eigenvalue weighted by Crippen LogP contribution is -2.13. The molecule has 0 aliphatic rings. The third-order valence-corrected chi connectivity index (χ3v) is 6.17. The average molecular weight is 537 g/mol. The monoisotopic (exact) mass is 536 g/mol. The van der Waals surface area contributed by atoms with Gasteiger partial charge in [0.2, 0.25) is 0 Å². The van der Waals surface area contributed by atoms with Crippen LogP contribution in [0.25, 0.3) is 0 Å². The number of hydrogen-bond donors (Lipinski definition) is 0. The lowest BCUT2D eigenvalue weighted by Gasteiger charge is -2.13. The first-order valence-electron chi connectivity index (χ1n) is 13.4. The molecule has 0 aromatic heterocycles. The molecule has 0 saturated heterocycles. The van der Waals surface area contributed by atoms with Gasteiger partial charge in [0.1, 0.15) is 11.4 Å². The molecule has 3 aromatic carbocycles. The Morgan fingerprint density at radius 3 is 1.80 bits per heavy atom. The molecule has 0 saturated carbocycles. The van der Waals surface area contributed by atoms with Gasteiger partial charge in [-0.15, -0.1) is 10.2 Å². The van der Waals surface area contributed by atoms with Gasteiger partial charge in [-0.1, -0.05) is 98.8 Å². The minimum Gasteiger partial charge on any atom is -0.424 e. The summed E-state index contributed by atoms with van der Waals surface area (Å²) < 4.78 is 11.3. The van der Waals surface area contributed by atoms with Crippen LogP contribution in [0.15, 0.2) is 125 Å². The number of para-hydroxylation sites is 2. The van der Waals surface area contributed by atoms with Crippen molar-refractivity contribution in [3.8, 4) is 11.5 Å². The first-order chi connectivity index (χ1) is 19.4. The summed E-state index contributed by atoms with van der Waals surface area (Å²) in [6.07, 6.45) is 10.3. The predicted molar refractivity (Wildman–Crippen MR) is 159 cm³/mol. The van der Waals surface area contributed by atoms with Crippen molar-refractivity contribution in [3.63, 3.8) is 0 Å². The van der Waals surface area contributed by atoms with Crippen LogP contribution in [0.3, 0.4) is 0 Å². The Morgan fingerprint density at radius 2 is 1.25 bits per heavy atom. The van der Waals surface area contributed by atoms with Crippen LogP contribution < -0.4 is 9.47 Å². The number of hydrogen-bond acceptors (Lipinski definition) is 6. The van der Waals surface area contributed by atoms with E-state index in [9.17, 15) is 9.59 Å². The summed E-state index contributed by atoms with van der Waals surface area (Å²) in [6, 6.07) is 23.7. The Morgan fingerprint density at radius 1 is 0.725 bits per heavy atom. The molecule has 0 heterocycles. The summed E-state index contributed by atoms with van der Waals surface area (Å²) in [6.45, 7) is 7.87. The maximum Gasteiger partial charge on any atom is 0.311 e. The molecule has 0 radical (unpaired) electrons. The van der Waals surface area contributed by atoms with Gasteiger partial charge in [0.05, 0.1) is 12.8 Å². The van der Waals surface area contributed by atoms with Crippen molar-refractivity contribution in [3.05, 3.63) is 120 Å². The largest absolute Gasteiger partial charge is 0.424 e. The van der Waals surface area contributed by atoms with E-state index in [-0.39, 0.29) is 36.6 Å². The molecule has 2 atom stereocenters. The van der Waals surface area contributed by atoms with E-state index in [1.165, 1.54) is 0 Å². The second-order valence-corrected chi connectivity index (χ2v) is 9.40. The first kappa shape index (κ1) is 30.0. The average Bonchev–Trinajstić information content (AvgIpc) is 2.95. The SMILES string of the molecule is C\C=C/C=C(\C=C/C)[C@@H](C)CC(=O)Oc1ccccc1N=Nc1ccccc1OC(=O)C[C@@H](C)c1ccccc1. The van der Waals surface area contributed by atoms with Crippen molar-refractivity contribution in [2.75, 3.05) is 0 Å². The zero-order chi connectivity index (χ0) is 28.7. The number of rotatable bonds is 12. The van der Waals surface area contributed by atoms with Crippen molar-refractivity contribution in [2.24, 2.45) is 16.1 Å². The van der Waals surface area contributed by atoms with Gasteiger partial charge in [0.25, 0.3) is 0 Å². The Kier molecular flexibility index (Phi) is 11.8. The molecule has 0 aliphatic heterocycles. The summed E-state index contributed by atoms with van der Waals surface area (Å²) in [5.74, 6) is -0.126. The number of carbonyl (C=O) groups is 2. The maximum absolute atomic E-state index is 12.8. The standard InChI is InChI=1S/C34H36N2O4/c1-5-7-16-27(15-6-2)25(3)23-33(37)39-31-21-13-11-19-29(31)35-36-30-20-12-14-22-32(30)40-34(38)24-26(4)28-17-9-8-10-18-28/h5-22,25-26H,23-24H2,1-4H3/b7-5-,15-6-,27-16+,36-35?/t25-,26+/m0/s1. The number of azo groups is 1.